The van der Waals surface area contributed by atoms with Gasteiger partial charge in [-0.15, -0.1) is 0 Å². The highest BCUT2D eigenvalue weighted by Gasteiger charge is 1.91. The number of nitrogens with zero attached hydrogens (tertiary/aromatic N) is 1. The summed E-state index contributed by atoms with van der Waals surface area (Å²) >= 11 is 0. The first-order valence-corrected chi connectivity index (χ1v) is 2.84. The van der Waals surface area contributed by atoms with Crippen molar-refractivity contribution in [3.63, 3.8) is 0 Å². The molecule has 0 spiro atoms. The molecule has 2 nitrogen and oxygen atoms in total. The summed E-state index contributed by atoms with van der Waals surface area (Å²) in [7, 11) is 1.80. The summed E-state index contributed by atoms with van der Waals surface area (Å²) < 4.78 is 0. The maximum Gasteiger partial charge on any atom is 0.0225 e. The Hall–Kier alpha value is -0.500. The molecule has 2 N–H and O–H groups in total. The Morgan fingerprint density at radius 1 is 1.75 bits per heavy atom. The molecule has 8 heavy (non-hydrogen) atoms. The van der Waals surface area contributed by atoms with Crippen LogP contribution in [0.5, 0.6) is 0 Å². The van der Waals surface area contributed by atoms with Crippen molar-refractivity contribution in [3.05, 3.63) is 12.3 Å². The number of hydrogen-bond donors (Lipinski definition) is 1. The van der Waals surface area contributed by atoms with Crippen LogP contribution in [0.3, 0.4) is 0 Å². The average molecular weight is 114 g/mol. The van der Waals surface area contributed by atoms with E-state index in [-0.39, 0.29) is 0 Å². The van der Waals surface area contributed by atoms with Gasteiger partial charge in [0, 0.05) is 12.7 Å². The minimum atomic E-state index is 0.993. The fourth-order valence-electron chi connectivity index (χ4n) is 0.465. The normalized spacial score (nSPS) is 8.88. The first kappa shape index (κ1) is 7.50. The number of nitrogens with two attached hydrogens (primary N) is 1. The zero-order valence-corrected chi connectivity index (χ0v) is 5.65. The van der Waals surface area contributed by atoms with E-state index in [1.807, 2.05) is 0 Å². The Kier molecular flexibility index (Phi) is 3.28. The average Bonchev–Trinajstić information content (AvgIpc) is 1.67. The van der Waals surface area contributed by atoms with Crippen LogP contribution < -0.4 is 5.84 Å². The Labute approximate surface area is 50.9 Å². The van der Waals surface area contributed by atoms with Crippen LogP contribution in [0.2, 0.25) is 0 Å². The SMILES string of the molecule is C=C(CCC)N(C)N. The zero-order chi connectivity index (χ0) is 6.57. The van der Waals surface area contributed by atoms with Crippen molar-refractivity contribution in [3.8, 4) is 0 Å². The second-order valence-corrected chi connectivity index (χ2v) is 1.93. The lowest BCUT2D eigenvalue weighted by Crippen LogP contribution is -2.24. The number of hydrogen-bond acceptors (Lipinski definition) is 2. The molecule has 48 valence electrons. The van der Waals surface area contributed by atoms with E-state index < -0.39 is 0 Å². The molecule has 0 aliphatic rings. The summed E-state index contributed by atoms with van der Waals surface area (Å²) in [6.45, 7) is 5.85. The lowest BCUT2D eigenvalue weighted by molar-refractivity contribution is 0.422. The van der Waals surface area contributed by atoms with Crippen LogP contribution >= 0.6 is 0 Å². The van der Waals surface area contributed by atoms with Crippen molar-refractivity contribution in [2.24, 2.45) is 5.84 Å². The molecule has 0 fully saturated rings. The maximum atomic E-state index is 5.36. The van der Waals surface area contributed by atoms with Gasteiger partial charge in [0.1, 0.15) is 0 Å². The summed E-state index contributed by atoms with van der Waals surface area (Å²) in [5.41, 5.74) is 0.993. The van der Waals surface area contributed by atoms with Crippen LogP contribution in [0.4, 0.5) is 0 Å². The zero-order valence-electron chi connectivity index (χ0n) is 5.65. The molecular formula is C6H14N2. The van der Waals surface area contributed by atoms with Gasteiger partial charge in [-0.05, 0) is 6.42 Å². The molecule has 0 aliphatic heterocycles. The Morgan fingerprint density at radius 3 is 2.38 bits per heavy atom. The lowest BCUT2D eigenvalue weighted by Gasteiger charge is -2.13. The van der Waals surface area contributed by atoms with Crippen molar-refractivity contribution in [2.75, 3.05) is 7.05 Å². The van der Waals surface area contributed by atoms with Gasteiger partial charge in [-0.2, -0.15) is 0 Å². The maximum absolute atomic E-state index is 5.36. The molecule has 0 aromatic heterocycles. The molecule has 2 heteroatoms. The quantitative estimate of drug-likeness (QED) is 0.440. The van der Waals surface area contributed by atoms with Gasteiger partial charge in [0.05, 0.1) is 0 Å². The summed E-state index contributed by atoms with van der Waals surface area (Å²) in [4.78, 5) is 0. The third-order valence-corrected chi connectivity index (χ3v) is 1.04. The molecule has 0 aliphatic carbocycles. The standard InChI is InChI=1S/C6H14N2/c1-4-5-6(2)8(3)7/h2,4-5,7H2,1,3H3. The predicted octanol–water partition coefficient (Wildman–Crippen LogP) is 1.11. The van der Waals surface area contributed by atoms with Gasteiger partial charge in [-0.3, -0.25) is 0 Å². The van der Waals surface area contributed by atoms with Gasteiger partial charge in [0.15, 0.2) is 0 Å². The van der Waals surface area contributed by atoms with Gasteiger partial charge in [-0.1, -0.05) is 19.9 Å². The molecular weight excluding hydrogens is 100 g/mol. The first-order chi connectivity index (χ1) is 3.68. The molecule has 0 atom stereocenters. The molecule has 0 aromatic rings. The van der Waals surface area contributed by atoms with Crippen molar-refractivity contribution in [1.29, 1.82) is 0 Å². The van der Waals surface area contributed by atoms with E-state index in [9.17, 15) is 0 Å². The van der Waals surface area contributed by atoms with E-state index in [4.69, 9.17) is 5.84 Å². The summed E-state index contributed by atoms with van der Waals surface area (Å²) in [5.74, 6) is 5.36. The topological polar surface area (TPSA) is 29.3 Å². The van der Waals surface area contributed by atoms with E-state index in [1.54, 1.807) is 12.1 Å². The summed E-state index contributed by atoms with van der Waals surface area (Å²) in [6, 6.07) is 0. The molecule has 0 saturated carbocycles. The predicted molar refractivity (Wildman–Crippen MR) is 36.0 cm³/mol. The molecule has 0 heterocycles. The molecule has 0 bridgehead atoms. The summed E-state index contributed by atoms with van der Waals surface area (Å²) in [6.07, 6.45) is 2.10. The molecule has 0 saturated heterocycles. The fraction of sp³-hybridized carbons (Fsp3) is 0.667. The third-order valence-electron chi connectivity index (χ3n) is 1.04. The Morgan fingerprint density at radius 2 is 2.25 bits per heavy atom. The Bertz CT molecular complexity index is 76.6. The van der Waals surface area contributed by atoms with Gasteiger partial charge in [-0.25, -0.2) is 5.84 Å². The van der Waals surface area contributed by atoms with Crippen LogP contribution in [0.15, 0.2) is 12.3 Å². The highest BCUT2D eigenvalue weighted by molar-refractivity contribution is 4.88. The highest BCUT2D eigenvalue weighted by Crippen LogP contribution is 2.00. The highest BCUT2D eigenvalue weighted by atomic mass is 15.4. The van der Waals surface area contributed by atoms with Crippen molar-refractivity contribution < 1.29 is 0 Å². The number of allylic oxidation sites excluding steroid dienone is 1. The minimum Gasteiger partial charge on any atom is -0.319 e. The van der Waals surface area contributed by atoms with Gasteiger partial charge in [0.2, 0.25) is 0 Å². The monoisotopic (exact) mass is 114 g/mol. The first-order valence-electron chi connectivity index (χ1n) is 2.84. The summed E-state index contributed by atoms with van der Waals surface area (Å²) in [5, 5.41) is 1.56. The van der Waals surface area contributed by atoms with E-state index >= 15 is 0 Å². The molecule has 0 unspecified atom stereocenters. The lowest BCUT2D eigenvalue weighted by atomic mass is 10.3. The van der Waals surface area contributed by atoms with E-state index in [0.29, 0.717) is 0 Å². The molecule has 0 aromatic carbocycles. The minimum absolute atomic E-state index is 0.993. The van der Waals surface area contributed by atoms with Crippen LogP contribution in [0.1, 0.15) is 19.8 Å². The van der Waals surface area contributed by atoms with Crippen molar-refractivity contribution >= 4 is 0 Å². The molecule has 0 rings (SSSR count). The molecule has 0 amide bonds. The van der Waals surface area contributed by atoms with E-state index in [1.165, 1.54) is 0 Å². The second-order valence-electron chi connectivity index (χ2n) is 1.93. The second kappa shape index (κ2) is 3.50. The third kappa shape index (κ3) is 2.64. The molecule has 0 radical (unpaired) electrons. The van der Waals surface area contributed by atoms with Crippen molar-refractivity contribution in [1.82, 2.24) is 5.01 Å². The van der Waals surface area contributed by atoms with Crippen LogP contribution in [0.25, 0.3) is 0 Å². The van der Waals surface area contributed by atoms with E-state index in [2.05, 4.69) is 13.5 Å². The van der Waals surface area contributed by atoms with Crippen molar-refractivity contribution in [2.45, 2.75) is 19.8 Å². The van der Waals surface area contributed by atoms with Crippen LogP contribution in [-0.2, 0) is 0 Å². The Balaban J connectivity index is 3.33. The number of hydrazine groups is 1. The fourth-order valence-corrected chi connectivity index (χ4v) is 0.465. The van der Waals surface area contributed by atoms with Gasteiger partial charge in [0.25, 0.3) is 0 Å². The largest absolute Gasteiger partial charge is 0.319 e. The van der Waals surface area contributed by atoms with Crippen LogP contribution in [0, 0.1) is 0 Å². The van der Waals surface area contributed by atoms with E-state index in [0.717, 1.165) is 18.5 Å². The van der Waals surface area contributed by atoms with Gasteiger partial charge >= 0.3 is 0 Å². The van der Waals surface area contributed by atoms with Gasteiger partial charge < -0.3 is 5.01 Å². The smallest absolute Gasteiger partial charge is 0.0225 e. The van der Waals surface area contributed by atoms with Crippen LogP contribution in [-0.4, -0.2) is 12.1 Å². The number of rotatable bonds is 3.